The van der Waals surface area contributed by atoms with Crippen LogP contribution in [0.1, 0.15) is 76.1 Å². The summed E-state index contributed by atoms with van der Waals surface area (Å²) in [6.07, 6.45) is 2.07. The molecule has 1 aliphatic rings. The highest BCUT2D eigenvalue weighted by atomic mass is 32.2. The van der Waals surface area contributed by atoms with Crippen molar-refractivity contribution in [2.75, 3.05) is 25.0 Å². The maximum Gasteiger partial charge on any atom is 0.354 e. The lowest BCUT2D eigenvalue weighted by Gasteiger charge is -2.19. The van der Waals surface area contributed by atoms with Crippen molar-refractivity contribution in [2.45, 2.75) is 71.1 Å². The maximum absolute atomic E-state index is 13.1. The summed E-state index contributed by atoms with van der Waals surface area (Å²) in [5.74, 6) is -1.24. The van der Waals surface area contributed by atoms with E-state index in [0.29, 0.717) is 17.1 Å². The molecule has 0 amide bonds. The number of furan rings is 1. The van der Waals surface area contributed by atoms with Gasteiger partial charge in [0, 0.05) is 18.0 Å². The summed E-state index contributed by atoms with van der Waals surface area (Å²) in [6, 6.07) is 1.30. The molecule has 0 spiro atoms. The first-order chi connectivity index (χ1) is 18.7. The maximum atomic E-state index is 13.1. The zero-order chi connectivity index (χ0) is 30.0. The monoisotopic (exact) mass is 616 g/mol. The number of carbonyl (C=O) groups is 1. The third-order valence-corrected chi connectivity index (χ3v) is 11.3. The number of hydrogen-bond acceptors (Lipinski definition) is 11. The van der Waals surface area contributed by atoms with Gasteiger partial charge in [-0.15, -0.1) is 15.7 Å². The molecule has 222 valence electrons. The van der Waals surface area contributed by atoms with E-state index in [9.17, 15) is 26.7 Å². The Hall–Kier alpha value is -2.88. The van der Waals surface area contributed by atoms with Crippen molar-refractivity contribution in [3.05, 3.63) is 39.1 Å². The number of ether oxygens (including phenoxy) is 1. The van der Waals surface area contributed by atoms with Gasteiger partial charge < -0.3 is 24.9 Å². The van der Waals surface area contributed by atoms with Gasteiger partial charge >= 0.3 is 5.97 Å². The fourth-order valence-corrected chi connectivity index (χ4v) is 8.35. The van der Waals surface area contributed by atoms with Gasteiger partial charge in [-0.2, -0.15) is 12.7 Å². The second kappa shape index (κ2) is 12.3. The highest BCUT2D eigenvalue weighted by Crippen LogP contribution is 2.43. The summed E-state index contributed by atoms with van der Waals surface area (Å²) in [5.41, 5.74) is 0.731. The summed E-state index contributed by atoms with van der Waals surface area (Å²) >= 11 is 0.838. The molecule has 1 atom stereocenters. The van der Waals surface area contributed by atoms with Crippen LogP contribution >= 0.6 is 11.3 Å². The molecule has 0 aliphatic carbocycles. The Morgan fingerprint density at radius 1 is 1.23 bits per heavy atom. The number of esters is 1. The number of thiophene rings is 1. The normalized spacial score (nSPS) is 16.0. The molecule has 0 saturated carbocycles. The predicted octanol–water partition coefficient (Wildman–Crippen LogP) is 4.18. The van der Waals surface area contributed by atoms with Crippen molar-refractivity contribution in [1.82, 2.24) is 9.62 Å². The summed E-state index contributed by atoms with van der Waals surface area (Å²) in [4.78, 5) is 12.5. The first kappa shape index (κ1) is 31.6. The molecule has 1 aliphatic heterocycles. The Kier molecular flexibility index (Phi) is 9.75. The van der Waals surface area contributed by atoms with E-state index >= 15 is 0 Å². The molecule has 0 radical (unpaired) electrons. The van der Waals surface area contributed by atoms with Crippen molar-refractivity contribution in [2.24, 2.45) is 4.40 Å². The zero-order valence-electron chi connectivity index (χ0n) is 23.6. The number of nitrogens with one attached hydrogen (secondary N) is 2. The van der Waals surface area contributed by atoms with Crippen LogP contribution < -0.4 is 10.6 Å². The van der Waals surface area contributed by atoms with Gasteiger partial charge in [0.1, 0.15) is 11.5 Å². The van der Waals surface area contributed by atoms with E-state index in [-0.39, 0.29) is 47.0 Å². The molecule has 0 bridgehead atoms. The van der Waals surface area contributed by atoms with E-state index < -0.39 is 42.7 Å². The minimum Gasteiger partial charge on any atom is -0.504 e. The van der Waals surface area contributed by atoms with Crippen LogP contribution in [-0.4, -0.2) is 57.7 Å². The van der Waals surface area contributed by atoms with E-state index in [4.69, 9.17) is 9.15 Å². The van der Waals surface area contributed by atoms with Gasteiger partial charge in [0.25, 0.3) is 20.0 Å². The predicted molar refractivity (Wildman–Crippen MR) is 153 cm³/mol. The Morgan fingerprint density at radius 2 is 1.88 bits per heavy atom. The average molecular weight is 617 g/mol. The van der Waals surface area contributed by atoms with E-state index in [1.54, 1.807) is 34.0 Å². The SMILES string of the molecule is CCOC(=O)C1=C(N[C@H](CC)c2cc(C(C)C)co2)C(Nc2c(C)sc(S(=O)(=O)N(CC)CC)c2O)=NS1(=O)=O. The van der Waals surface area contributed by atoms with Gasteiger partial charge in [0.2, 0.25) is 4.91 Å². The van der Waals surface area contributed by atoms with Gasteiger partial charge in [0.05, 0.1) is 24.6 Å². The quantitative estimate of drug-likeness (QED) is 0.294. The molecule has 0 unspecified atom stereocenters. The lowest BCUT2D eigenvalue weighted by Crippen LogP contribution is -2.30. The number of aryl methyl sites for hydroxylation is 1. The smallest absolute Gasteiger partial charge is 0.354 e. The third kappa shape index (κ3) is 6.06. The van der Waals surface area contributed by atoms with Crippen LogP contribution in [0.15, 0.2) is 36.0 Å². The molecule has 15 heteroatoms. The van der Waals surface area contributed by atoms with Crippen molar-refractivity contribution in [3.63, 3.8) is 0 Å². The third-order valence-electron chi connectivity index (χ3n) is 6.32. The molecule has 3 rings (SSSR count). The summed E-state index contributed by atoms with van der Waals surface area (Å²) in [7, 11) is -8.52. The van der Waals surface area contributed by atoms with Gasteiger partial charge in [-0.25, -0.2) is 13.2 Å². The molecule has 12 nitrogen and oxygen atoms in total. The number of aromatic hydroxyl groups is 1. The average Bonchev–Trinajstić information content (AvgIpc) is 3.54. The van der Waals surface area contributed by atoms with Gasteiger partial charge in [-0.3, -0.25) is 0 Å². The first-order valence-electron chi connectivity index (χ1n) is 12.9. The number of nitrogens with zero attached hydrogens (tertiary/aromatic N) is 2. The molecule has 2 aromatic rings. The minimum atomic E-state index is -4.51. The fourth-order valence-electron chi connectivity index (χ4n) is 4.10. The Labute approximate surface area is 239 Å². The molecule has 0 fully saturated rings. The van der Waals surface area contributed by atoms with Gasteiger partial charge in [0.15, 0.2) is 15.8 Å². The number of hydrogen-bond donors (Lipinski definition) is 3. The summed E-state index contributed by atoms with van der Waals surface area (Å²) in [5, 5.41) is 16.8. The molecule has 0 saturated heterocycles. The summed E-state index contributed by atoms with van der Waals surface area (Å²) < 4.78 is 67.8. The fraction of sp³-hybridized carbons (Fsp3) is 0.520. The molecular formula is C25H36N4O8S3. The molecule has 0 aromatic carbocycles. The lowest BCUT2D eigenvalue weighted by atomic mass is 10.1. The first-order valence-corrected chi connectivity index (χ1v) is 16.6. The number of amidine groups is 1. The van der Waals surface area contributed by atoms with E-state index in [1.807, 2.05) is 26.8 Å². The van der Waals surface area contributed by atoms with Crippen LogP contribution in [0, 0.1) is 6.92 Å². The standard InChI is InChI=1S/C25H36N4O8S3/c1-8-17(18-12-16(13-37-18)14(5)6)26-20-22(24(31)36-11-4)39(32,33)28-23(20)27-19-15(7)38-25(21(19)30)40(34,35)29(9-2)10-3/h12-14,17,26,30H,8-11H2,1-7H3,(H,27,28)/t17-/m1/s1. The van der Waals surface area contributed by atoms with Crippen molar-refractivity contribution in [1.29, 1.82) is 0 Å². The van der Waals surface area contributed by atoms with Crippen LogP contribution in [0.5, 0.6) is 5.75 Å². The second-order valence-electron chi connectivity index (χ2n) is 9.27. The number of anilines is 1. The molecule has 3 N–H and O–H groups in total. The van der Waals surface area contributed by atoms with Crippen molar-refractivity contribution >= 4 is 48.9 Å². The lowest BCUT2D eigenvalue weighted by molar-refractivity contribution is -0.137. The molecule has 2 aromatic heterocycles. The van der Waals surface area contributed by atoms with Crippen molar-refractivity contribution < 1.29 is 35.9 Å². The number of rotatable bonds is 12. The topological polar surface area (TPSA) is 168 Å². The van der Waals surface area contributed by atoms with E-state index in [2.05, 4.69) is 15.0 Å². The second-order valence-corrected chi connectivity index (χ2v) is 14.2. The number of sulfonamides is 2. The molecule has 40 heavy (non-hydrogen) atoms. The summed E-state index contributed by atoms with van der Waals surface area (Å²) in [6.45, 7) is 12.7. The van der Waals surface area contributed by atoms with Crippen LogP contribution in [-0.2, 0) is 29.6 Å². The van der Waals surface area contributed by atoms with Gasteiger partial charge in [-0.05, 0) is 37.8 Å². The zero-order valence-corrected chi connectivity index (χ0v) is 26.0. The number of carbonyl (C=O) groups excluding carboxylic acids is 1. The van der Waals surface area contributed by atoms with Crippen molar-refractivity contribution in [3.8, 4) is 5.75 Å². The van der Waals surface area contributed by atoms with E-state index in [0.717, 1.165) is 16.9 Å². The van der Waals surface area contributed by atoms with Crippen LogP contribution in [0.2, 0.25) is 0 Å². The highest BCUT2D eigenvalue weighted by Gasteiger charge is 2.41. The van der Waals surface area contributed by atoms with Crippen LogP contribution in [0.25, 0.3) is 0 Å². The Balaban J connectivity index is 2.11. The largest absolute Gasteiger partial charge is 0.504 e. The highest BCUT2D eigenvalue weighted by molar-refractivity contribution is 7.95. The van der Waals surface area contributed by atoms with E-state index in [1.165, 1.54) is 4.31 Å². The van der Waals surface area contributed by atoms with Crippen LogP contribution in [0.3, 0.4) is 0 Å². The Morgan fingerprint density at radius 3 is 2.40 bits per heavy atom. The van der Waals surface area contributed by atoms with Crippen LogP contribution in [0.4, 0.5) is 5.69 Å². The molecule has 3 heterocycles. The Bertz CT molecular complexity index is 1530. The molecular weight excluding hydrogens is 580 g/mol. The van der Waals surface area contributed by atoms with Gasteiger partial charge in [-0.1, -0.05) is 34.6 Å². The minimum absolute atomic E-state index is 0.0396.